The summed E-state index contributed by atoms with van der Waals surface area (Å²) in [5.74, 6) is -2.14. The van der Waals surface area contributed by atoms with E-state index in [-0.39, 0.29) is 0 Å². The molecule has 0 aliphatic rings. The number of rotatable bonds is 1. The van der Waals surface area contributed by atoms with Gasteiger partial charge in [-0.25, -0.2) is 0 Å². The second kappa shape index (κ2) is 2.62. The molecule has 0 aliphatic heterocycles. The van der Waals surface area contributed by atoms with Gasteiger partial charge < -0.3 is 10.2 Å². The topological polar surface area (TPSA) is 40.5 Å². The van der Waals surface area contributed by atoms with Crippen LogP contribution in [0.3, 0.4) is 0 Å². The fourth-order valence-corrected chi connectivity index (χ4v) is 0.733. The number of phenols is 2. The number of phenolic OH excluding ortho intramolecular Hbond substituents is 2. The number of hydrogen-bond donors (Lipinski definition) is 2. The fourth-order valence-electron chi connectivity index (χ4n) is 0.733. The van der Waals surface area contributed by atoms with Crippen molar-refractivity contribution in [2.75, 3.05) is 0 Å². The Morgan fingerprint density at radius 3 is 2.09 bits per heavy atom. The molecule has 1 aromatic rings. The third kappa shape index (κ3) is 1.32. The monoisotopic (exact) mass is 154 g/mol. The summed E-state index contributed by atoms with van der Waals surface area (Å²) in [5, 5.41) is 17.7. The molecule has 0 aliphatic carbocycles. The Bertz CT molecular complexity index is 271. The van der Waals surface area contributed by atoms with Crippen molar-refractivity contribution < 1.29 is 14.6 Å². The van der Waals surface area contributed by atoms with Crippen molar-refractivity contribution in [1.82, 2.24) is 0 Å². The van der Waals surface area contributed by atoms with Crippen LogP contribution in [0.5, 0.6) is 11.5 Å². The van der Waals surface area contributed by atoms with E-state index in [1.807, 2.05) is 0 Å². The number of benzene rings is 1. The highest BCUT2D eigenvalue weighted by molar-refractivity contribution is 5.53. The smallest absolute Gasteiger partial charge is 0.206 e. The molecule has 2 nitrogen and oxygen atoms in total. The van der Waals surface area contributed by atoms with Crippen molar-refractivity contribution in [3.05, 3.63) is 30.1 Å². The van der Waals surface area contributed by atoms with Gasteiger partial charge >= 0.3 is 0 Å². The molecule has 2 N–H and O–H groups in total. The minimum absolute atomic E-state index is 0.474. The van der Waals surface area contributed by atoms with Crippen molar-refractivity contribution >= 4 is 6.08 Å². The number of hydrogen-bond acceptors (Lipinski definition) is 2. The molecule has 0 fully saturated rings. The molecule has 0 aromatic heterocycles. The Morgan fingerprint density at radius 1 is 1.27 bits per heavy atom. The first-order valence-corrected chi connectivity index (χ1v) is 2.99. The summed E-state index contributed by atoms with van der Waals surface area (Å²) in [7, 11) is 0. The van der Waals surface area contributed by atoms with Crippen molar-refractivity contribution in [3.8, 4) is 11.5 Å². The van der Waals surface area contributed by atoms with E-state index in [9.17, 15) is 4.39 Å². The first-order valence-electron chi connectivity index (χ1n) is 2.99. The maximum atomic E-state index is 12.5. The normalized spacial score (nSPS) is 9.55. The van der Waals surface area contributed by atoms with E-state index in [1.54, 1.807) is 0 Å². The van der Waals surface area contributed by atoms with Gasteiger partial charge in [-0.2, -0.15) is 4.39 Å². The summed E-state index contributed by atoms with van der Waals surface area (Å²) < 4.78 is 12.5. The van der Waals surface area contributed by atoms with Gasteiger partial charge in [0.2, 0.25) is 5.82 Å². The summed E-state index contributed by atoms with van der Waals surface area (Å²) in [5.41, 5.74) is 0.474. The van der Waals surface area contributed by atoms with Crippen LogP contribution >= 0.6 is 0 Å². The summed E-state index contributed by atoms with van der Waals surface area (Å²) in [4.78, 5) is 0. The van der Waals surface area contributed by atoms with Gasteiger partial charge in [0.1, 0.15) is 0 Å². The van der Waals surface area contributed by atoms with Crippen LogP contribution in [0, 0.1) is 5.82 Å². The van der Waals surface area contributed by atoms with Gasteiger partial charge in [-0.15, -0.1) is 0 Å². The predicted molar refractivity (Wildman–Crippen MR) is 39.8 cm³/mol. The minimum Gasteiger partial charge on any atom is -0.505 e. The van der Waals surface area contributed by atoms with Crippen LogP contribution in [0.2, 0.25) is 0 Å². The van der Waals surface area contributed by atoms with Crippen LogP contribution in [0.25, 0.3) is 6.08 Å². The van der Waals surface area contributed by atoms with E-state index in [1.165, 1.54) is 18.2 Å². The lowest BCUT2D eigenvalue weighted by molar-refractivity contribution is 0.389. The molecule has 1 rings (SSSR count). The fraction of sp³-hybridized carbons (Fsp3) is 0. The second-order valence-electron chi connectivity index (χ2n) is 2.08. The van der Waals surface area contributed by atoms with Crippen LogP contribution in [0.1, 0.15) is 5.56 Å². The predicted octanol–water partition coefficient (Wildman–Crippen LogP) is 1.88. The average molecular weight is 154 g/mol. The molecule has 58 valence electrons. The molecule has 3 heteroatoms. The van der Waals surface area contributed by atoms with Crippen LogP contribution in [0.15, 0.2) is 18.7 Å². The lowest BCUT2D eigenvalue weighted by atomic mass is 10.2. The maximum Gasteiger partial charge on any atom is 0.206 e. The zero-order chi connectivity index (χ0) is 8.43. The van der Waals surface area contributed by atoms with Gasteiger partial charge in [0, 0.05) is 0 Å². The van der Waals surface area contributed by atoms with Crippen molar-refractivity contribution in [2.45, 2.75) is 0 Å². The standard InChI is InChI=1S/C8H7FO2/c1-2-5-3-6(10)8(9)7(11)4-5/h2-4,10-11H,1H2. The van der Waals surface area contributed by atoms with E-state index in [2.05, 4.69) is 6.58 Å². The molecule has 0 unspecified atom stereocenters. The lowest BCUT2D eigenvalue weighted by Crippen LogP contribution is -1.79. The minimum atomic E-state index is -1.00. The van der Waals surface area contributed by atoms with Crippen molar-refractivity contribution in [2.24, 2.45) is 0 Å². The summed E-state index contributed by atoms with van der Waals surface area (Å²) >= 11 is 0. The summed E-state index contributed by atoms with van der Waals surface area (Å²) in [6.07, 6.45) is 1.40. The first-order chi connectivity index (χ1) is 5.15. The molecule has 0 saturated heterocycles. The third-order valence-electron chi connectivity index (χ3n) is 1.29. The lowest BCUT2D eigenvalue weighted by Gasteiger charge is -1.99. The zero-order valence-corrected chi connectivity index (χ0v) is 5.71. The van der Waals surface area contributed by atoms with Crippen LogP contribution in [0.4, 0.5) is 4.39 Å². The van der Waals surface area contributed by atoms with Crippen LogP contribution < -0.4 is 0 Å². The third-order valence-corrected chi connectivity index (χ3v) is 1.29. The van der Waals surface area contributed by atoms with Crippen LogP contribution in [-0.4, -0.2) is 10.2 Å². The molecule has 0 spiro atoms. The van der Waals surface area contributed by atoms with Crippen molar-refractivity contribution in [3.63, 3.8) is 0 Å². The quantitative estimate of drug-likeness (QED) is 0.648. The highest BCUT2D eigenvalue weighted by atomic mass is 19.1. The summed E-state index contributed by atoms with van der Waals surface area (Å²) in [6.45, 7) is 3.40. The Morgan fingerprint density at radius 2 is 1.73 bits per heavy atom. The molecular formula is C8H7FO2. The van der Waals surface area contributed by atoms with E-state index in [0.717, 1.165) is 0 Å². The average Bonchev–Trinajstić information content (AvgIpc) is 1.99. The van der Waals surface area contributed by atoms with E-state index in [4.69, 9.17) is 10.2 Å². The van der Waals surface area contributed by atoms with E-state index in [0.29, 0.717) is 5.56 Å². The number of halogens is 1. The van der Waals surface area contributed by atoms with Gasteiger partial charge in [0.05, 0.1) is 0 Å². The molecule has 0 radical (unpaired) electrons. The van der Waals surface area contributed by atoms with Crippen molar-refractivity contribution in [1.29, 1.82) is 0 Å². The van der Waals surface area contributed by atoms with Crippen LogP contribution in [-0.2, 0) is 0 Å². The Labute approximate surface area is 63.2 Å². The second-order valence-corrected chi connectivity index (χ2v) is 2.08. The molecule has 0 atom stereocenters. The zero-order valence-electron chi connectivity index (χ0n) is 5.71. The van der Waals surface area contributed by atoms with Gasteiger partial charge in [0.25, 0.3) is 0 Å². The molecule has 0 saturated carbocycles. The molecule has 0 heterocycles. The van der Waals surface area contributed by atoms with E-state index < -0.39 is 17.3 Å². The molecule has 0 amide bonds. The Hall–Kier alpha value is -1.51. The number of aromatic hydroxyl groups is 2. The van der Waals surface area contributed by atoms with Gasteiger partial charge in [-0.3, -0.25) is 0 Å². The summed E-state index contributed by atoms with van der Waals surface area (Å²) in [6, 6.07) is 2.37. The van der Waals surface area contributed by atoms with E-state index >= 15 is 0 Å². The van der Waals surface area contributed by atoms with Gasteiger partial charge in [-0.1, -0.05) is 12.7 Å². The largest absolute Gasteiger partial charge is 0.505 e. The van der Waals surface area contributed by atoms with Gasteiger partial charge in [-0.05, 0) is 17.7 Å². The molecule has 0 bridgehead atoms. The molecule has 11 heavy (non-hydrogen) atoms. The van der Waals surface area contributed by atoms with Gasteiger partial charge in [0.15, 0.2) is 11.5 Å². The Kier molecular flexibility index (Phi) is 1.81. The molecular weight excluding hydrogens is 147 g/mol. The molecule has 1 aromatic carbocycles. The highest BCUT2D eigenvalue weighted by Crippen LogP contribution is 2.26. The maximum absolute atomic E-state index is 12.5. The first kappa shape index (κ1) is 7.60. The highest BCUT2D eigenvalue weighted by Gasteiger charge is 2.06. The SMILES string of the molecule is C=Cc1cc(O)c(F)c(O)c1. The Balaban J connectivity index is 3.31.